The van der Waals surface area contributed by atoms with Gasteiger partial charge in [0.05, 0.1) is 0 Å². The second kappa shape index (κ2) is 16.7. The highest BCUT2D eigenvalue weighted by atomic mass is 19.1. The molecule has 4 N–H and O–H groups in total. The van der Waals surface area contributed by atoms with E-state index in [4.69, 9.17) is 20.9 Å². The van der Waals surface area contributed by atoms with Gasteiger partial charge < -0.3 is 20.9 Å². The molecule has 0 radical (unpaired) electrons. The molecule has 4 aromatic rings. The van der Waals surface area contributed by atoms with Gasteiger partial charge in [0.2, 0.25) is 0 Å². The fourth-order valence-electron chi connectivity index (χ4n) is 6.08. The van der Waals surface area contributed by atoms with Crippen LogP contribution in [-0.2, 0) is 5.41 Å². The summed E-state index contributed by atoms with van der Waals surface area (Å²) in [6, 6.07) is 31.0. The van der Waals surface area contributed by atoms with Crippen LogP contribution in [0.1, 0.15) is 95.6 Å². The van der Waals surface area contributed by atoms with Crippen molar-refractivity contribution in [3.05, 3.63) is 108 Å². The van der Waals surface area contributed by atoms with Gasteiger partial charge in [-0.25, -0.2) is 4.39 Å². The van der Waals surface area contributed by atoms with Crippen molar-refractivity contribution >= 4 is 11.4 Å². The predicted octanol–water partition coefficient (Wildman–Crippen LogP) is 11.4. The molecule has 0 bridgehead atoms. The quantitative estimate of drug-likeness (QED) is 0.0885. The van der Waals surface area contributed by atoms with Crippen LogP contribution in [0, 0.1) is 0 Å². The number of alkyl halides is 1. The van der Waals surface area contributed by atoms with Crippen molar-refractivity contribution in [3.8, 4) is 23.0 Å². The lowest BCUT2D eigenvalue weighted by molar-refractivity contribution is 0.229. The first-order valence-corrected chi connectivity index (χ1v) is 16.3. The average molecular weight is 597 g/mol. The Morgan fingerprint density at radius 1 is 0.591 bits per heavy atom. The van der Waals surface area contributed by atoms with E-state index < -0.39 is 11.6 Å². The van der Waals surface area contributed by atoms with Crippen molar-refractivity contribution in [2.75, 3.05) is 11.5 Å². The first-order valence-electron chi connectivity index (χ1n) is 16.3. The summed E-state index contributed by atoms with van der Waals surface area (Å²) in [7, 11) is 0. The number of unbranched alkanes of at least 4 members (excludes halogenated alkanes) is 6. The van der Waals surface area contributed by atoms with Crippen LogP contribution in [0.25, 0.3) is 0 Å². The molecule has 0 aliphatic rings. The molecule has 0 fully saturated rings. The summed E-state index contributed by atoms with van der Waals surface area (Å²) in [4.78, 5) is 0. The minimum atomic E-state index is -0.982. The topological polar surface area (TPSA) is 70.5 Å². The third-order valence-corrected chi connectivity index (χ3v) is 8.42. The van der Waals surface area contributed by atoms with E-state index in [0.717, 1.165) is 43.2 Å². The molecule has 0 aromatic heterocycles. The highest BCUT2D eigenvalue weighted by Gasteiger charge is 2.41. The Kier molecular flexibility index (Phi) is 12.5. The summed E-state index contributed by atoms with van der Waals surface area (Å²) < 4.78 is 29.3. The van der Waals surface area contributed by atoms with E-state index in [2.05, 4.69) is 26.0 Å². The average Bonchev–Trinajstić information content (AvgIpc) is 3.04. The second-order valence-electron chi connectivity index (χ2n) is 11.9. The van der Waals surface area contributed by atoms with Crippen molar-refractivity contribution < 1.29 is 13.9 Å². The zero-order valence-corrected chi connectivity index (χ0v) is 26.4. The van der Waals surface area contributed by atoms with E-state index in [0.29, 0.717) is 47.2 Å². The minimum Gasteiger partial charge on any atom is -0.457 e. The molecular weight excluding hydrogens is 547 g/mol. The molecular formula is C39H49FN2O2. The van der Waals surface area contributed by atoms with Gasteiger partial charge in [-0.3, -0.25) is 0 Å². The Balaban J connectivity index is 1.85. The number of benzene rings is 4. The van der Waals surface area contributed by atoms with Crippen molar-refractivity contribution in [1.29, 1.82) is 0 Å². The van der Waals surface area contributed by atoms with Gasteiger partial charge in [-0.2, -0.15) is 0 Å². The number of nitrogen functional groups attached to an aromatic ring is 2. The van der Waals surface area contributed by atoms with Gasteiger partial charge in [-0.1, -0.05) is 102 Å². The fourth-order valence-corrected chi connectivity index (χ4v) is 6.08. The summed E-state index contributed by atoms with van der Waals surface area (Å²) in [6.07, 6.45) is 9.36. The lowest BCUT2D eigenvalue weighted by Gasteiger charge is -2.38. The maximum absolute atomic E-state index is 16.2. The van der Waals surface area contributed by atoms with E-state index in [1.807, 2.05) is 84.9 Å². The summed E-state index contributed by atoms with van der Waals surface area (Å²) in [5.41, 5.74) is 14.5. The Labute approximate surface area is 263 Å². The Morgan fingerprint density at radius 2 is 1.05 bits per heavy atom. The van der Waals surface area contributed by atoms with Gasteiger partial charge in [-0.15, -0.1) is 0 Å². The SMILES string of the molecule is CCCCCCCCC(CC(F)CCCC)(c1ccccc1Oc1ccc(N)cc1)c1ccccc1Oc1ccc(N)cc1. The number of para-hydroxylation sites is 2. The van der Waals surface area contributed by atoms with Crippen LogP contribution >= 0.6 is 0 Å². The lowest BCUT2D eigenvalue weighted by atomic mass is 9.66. The number of halogens is 1. The van der Waals surface area contributed by atoms with Gasteiger partial charge in [0.1, 0.15) is 29.2 Å². The van der Waals surface area contributed by atoms with Gasteiger partial charge in [0.25, 0.3) is 0 Å². The van der Waals surface area contributed by atoms with E-state index in [1.165, 1.54) is 25.7 Å². The van der Waals surface area contributed by atoms with Crippen LogP contribution in [-0.4, -0.2) is 6.17 Å². The molecule has 4 nitrogen and oxygen atoms in total. The lowest BCUT2D eigenvalue weighted by Crippen LogP contribution is -2.32. The Morgan fingerprint density at radius 3 is 1.55 bits per heavy atom. The molecule has 4 rings (SSSR count). The third kappa shape index (κ3) is 9.01. The van der Waals surface area contributed by atoms with Crippen molar-refractivity contribution in [2.24, 2.45) is 0 Å². The minimum absolute atomic E-state index is 0.339. The van der Waals surface area contributed by atoms with Crippen LogP contribution in [0.5, 0.6) is 23.0 Å². The largest absolute Gasteiger partial charge is 0.457 e. The molecule has 0 spiro atoms. The highest BCUT2D eigenvalue weighted by Crippen LogP contribution is 2.50. The van der Waals surface area contributed by atoms with Crippen LogP contribution in [0.15, 0.2) is 97.1 Å². The van der Waals surface area contributed by atoms with E-state index in [9.17, 15) is 0 Å². The van der Waals surface area contributed by atoms with Crippen molar-refractivity contribution in [3.63, 3.8) is 0 Å². The number of rotatable bonds is 18. The summed E-state index contributed by atoms with van der Waals surface area (Å²) >= 11 is 0. The molecule has 0 aliphatic carbocycles. The fraction of sp³-hybridized carbons (Fsp3) is 0.385. The van der Waals surface area contributed by atoms with Crippen LogP contribution in [0.2, 0.25) is 0 Å². The molecule has 0 amide bonds. The monoisotopic (exact) mass is 596 g/mol. The molecule has 234 valence electrons. The zero-order chi connectivity index (χ0) is 31.2. The summed E-state index contributed by atoms with van der Waals surface area (Å²) in [6.45, 7) is 4.35. The van der Waals surface area contributed by atoms with Crippen LogP contribution in [0.3, 0.4) is 0 Å². The molecule has 5 heteroatoms. The molecule has 0 saturated carbocycles. The zero-order valence-electron chi connectivity index (χ0n) is 26.4. The van der Waals surface area contributed by atoms with Crippen molar-refractivity contribution in [2.45, 2.75) is 96.1 Å². The molecule has 0 saturated heterocycles. The molecule has 1 atom stereocenters. The highest BCUT2D eigenvalue weighted by molar-refractivity contribution is 5.55. The Bertz CT molecular complexity index is 1310. The van der Waals surface area contributed by atoms with E-state index in [1.54, 1.807) is 0 Å². The normalized spacial score (nSPS) is 12.2. The van der Waals surface area contributed by atoms with E-state index >= 15 is 4.39 Å². The molecule has 1 unspecified atom stereocenters. The van der Waals surface area contributed by atoms with Crippen molar-refractivity contribution in [1.82, 2.24) is 0 Å². The first-order chi connectivity index (χ1) is 21.4. The van der Waals surface area contributed by atoms with E-state index in [-0.39, 0.29) is 0 Å². The van der Waals surface area contributed by atoms with Crippen LogP contribution < -0.4 is 20.9 Å². The molecule has 44 heavy (non-hydrogen) atoms. The van der Waals surface area contributed by atoms with Gasteiger partial charge >= 0.3 is 0 Å². The summed E-state index contributed by atoms with van der Waals surface area (Å²) in [5, 5.41) is 0. The number of hydrogen-bond donors (Lipinski definition) is 2. The van der Waals surface area contributed by atoms with Gasteiger partial charge in [-0.05, 0) is 79.9 Å². The molecule has 4 aromatic carbocycles. The summed E-state index contributed by atoms with van der Waals surface area (Å²) in [5.74, 6) is 2.81. The van der Waals surface area contributed by atoms with Gasteiger partial charge in [0, 0.05) is 27.9 Å². The molecule has 0 heterocycles. The van der Waals surface area contributed by atoms with Crippen LogP contribution in [0.4, 0.5) is 15.8 Å². The number of anilines is 2. The number of nitrogens with two attached hydrogens (primary N) is 2. The Hall–Kier alpha value is -3.99. The smallest absolute Gasteiger partial charge is 0.131 e. The number of ether oxygens (including phenoxy) is 2. The molecule has 0 aliphatic heterocycles. The number of hydrogen-bond acceptors (Lipinski definition) is 4. The first kappa shape index (κ1) is 32.9. The standard InChI is InChI=1S/C39H49FN2O2/c1-3-5-7-8-9-14-28-39(29-30(40)15-6-4-2,35-16-10-12-18-37(35)43-33-24-20-31(41)21-25-33)36-17-11-13-19-38(36)44-34-26-22-32(42)23-27-34/h10-13,16-27,30H,3-9,14-15,28-29,41-42H2,1-2H3. The third-order valence-electron chi connectivity index (χ3n) is 8.42. The maximum Gasteiger partial charge on any atom is 0.131 e. The maximum atomic E-state index is 16.2. The van der Waals surface area contributed by atoms with Gasteiger partial charge in [0.15, 0.2) is 0 Å². The predicted molar refractivity (Wildman–Crippen MR) is 183 cm³/mol. The second-order valence-corrected chi connectivity index (χ2v) is 11.9.